The lowest BCUT2D eigenvalue weighted by molar-refractivity contribution is -0.121. The maximum Gasteiger partial charge on any atom is 0.220 e. The second-order valence-electron chi connectivity index (χ2n) is 5.11. The van der Waals surface area contributed by atoms with Crippen LogP contribution < -0.4 is 10.1 Å². The summed E-state index contributed by atoms with van der Waals surface area (Å²) >= 11 is 0. The van der Waals surface area contributed by atoms with E-state index in [1.807, 2.05) is 36.4 Å². The minimum absolute atomic E-state index is 0.0506. The molecule has 2 rings (SSSR count). The molecule has 0 radical (unpaired) electrons. The molecule has 0 aliphatic carbocycles. The van der Waals surface area contributed by atoms with Crippen LogP contribution in [0, 0.1) is 0 Å². The van der Waals surface area contributed by atoms with Gasteiger partial charge in [0.05, 0.1) is 7.11 Å². The molecule has 0 aliphatic rings. The fraction of sp³-hybridized carbons (Fsp3) is 0.278. The SMILES string of the molecule is COc1ccc(CCC(=O)NCCc2ccc(O)cc2)cc1. The van der Waals surface area contributed by atoms with Gasteiger partial charge in [-0.25, -0.2) is 0 Å². The summed E-state index contributed by atoms with van der Waals surface area (Å²) in [6.07, 6.45) is 1.95. The number of hydrogen-bond donors (Lipinski definition) is 2. The molecule has 0 spiro atoms. The number of aryl methyl sites for hydroxylation is 1. The molecule has 1 amide bonds. The molecule has 0 saturated carbocycles. The van der Waals surface area contributed by atoms with E-state index in [0.29, 0.717) is 13.0 Å². The van der Waals surface area contributed by atoms with Crippen LogP contribution in [-0.2, 0) is 17.6 Å². The quantitative estimate of drug-likeness (QED) is 0.826. The van der Waals surface area contributed by atoms with Crippen molar-refractivity contribution in [3.05, 3.63) is 59.7 Å². The van der Waals surface area contributed by atoms with Crippen molar-refractivity contribution in [3.8, 4) is 11.5 Å². The monoisotopic (exact) mass is 299 g/mol. The smallest absolute Gasteiger partial charge is 0.220 e. The number of amides is 1. The second kappa shape index (κ2) is 8.08. The lowest BCUT2D eigenvalue weighted by Crippen LogP contribution is -2.25. The van der Waals surface area contributed by atoms with Crippen molar-refractivity contribution < 1.29 is 14.6 Å². The average molecular weight is 299 g/mol. The number of hydrogen-bond acceptors (Lipinski definition) is 3. The molecule has 0 aromatic heterocycles. The van der Waals surface area contributed by atoms with Gasteiger partial charge in [-0.3, -0.25) is 4.79 Å². The zero-order valence-corrected chi connectivity index (χ0v) is 12.7. The fourth-order valence-electron chi connectivity index (χ4n) is 2.15. The lowest BCUT2D eigenvalue weighted by Gasteiger charge is -2.06. The van der Waals surface area contributed by atoms with E-state index in [9.17, 15) is 9.90 Å². The van der Waals surface area contributed by atoms with Crippen molar-refractivity contribution in [2.45, 2.75) is 19.3 Å². The van der Waals surface area contributed by atoms with E-state index in [1.165, 1.54) is 0 Å². The summed E-state index contributed by atoms with van der Waals surface area (Å²) in [5.74, 6) is 1.13. The Hall–Kier alpha value is -2.49. The topological polar surface area (TPSA) is 58.6 Å². The Balaban J connectivity index is 1.68. The molecular formula is C18H21NO3. The number of nitrogens with one attached hydrogen (secondary N) is 1. The maximum absolute atomic E-state index is 11.8. The van der Waals surface area contributed by atoms with Crippen molar-refractivity contribution in [2.24, 2.45) is 0 Å². The van der Waals surface area contributed by atoms with Crippen LogP contribution in [-0.4, -0.2) is 24.7 Å². The highest BCUT2D eigenvalue weighted by atomic mass is 16.5. The van der Waals surface area contributed by atoms with E-state index in [0.717, 1.165) is 29.7 Å². The molecule has 4 heteroatoms. The van der Waals surface area contributed by atoms with Gasteiger partial charge in [0.15, 0.2) is 0 Å². The molecule has 0 unspecified atom stereocenters. The lowest BCUT2D eigenvalue weighted by atomic mass is 10.1. The number of methoxy groups -OCH3 is 1. The van der Waals surface area contributed by atoms with Crippen molar-refractivity contribution in [1.82, 2.24) is 5.32 Å². The first kappa shape index (κ1) is 15.9. The molecule has 22 heavy (non-hydrogen) atoms. The van der Waals surface area contributed by atoms with Gasteiger partial charge in [0.1, 0.15) is 11.5 Å². The van der Waals surface area contributed by atoms with Gasteiger partial charge < -0.3 is 15.2 Å². The highest BCUT2D eigenvalue weighted by Gasteiger charge is 2.02. The van der Waals surface area contributed by atoms with Crippen molar-refractivity contribution in [2.75, 3.05) is 13.7 Å². The molecular weight excluding hydrogens is 278 g/mol. The van der Waals surface area contributed by atoms with E-state index >= 15 is 0 Å². The predicted molar refractivity (Wildman–Crippen MR) is 86.1 cm³/mol. The van der Waals surface area contributed by atoms with E-state index in [4.69, 9.17) is 4.74 Å². The summed E-state index contributed by atoms with van der Waals surface area (Å²) in [6.45, 7) is 0.603. The highest BCUT2D eigenvalue weighted by Crippen LogP contribution is 2.12. The number of rotatable bonds is 7. The summed E-state index contributed by atoms with van der Waals surface area (Å²) in [5, 5.41) is 12.1. The summed E-state index contributed by atoms with van der Waals surface area (Å²) in [7, 11) is 1.64. The molecule has 2 aromatic rings. The van der Waals surface area contributed by atoms with E-state index in [-0.39, 0.29) is 11.7 Å². The van der Waals surface area contributed by atoms with Gasteiger partial charge >= 0.3 is 0 Å². The third kappa shape index (κ3) is 5.13. The largest absolute Gasteiger partial charge is 0.508 e. The Morgan fingerprint density at radius 3 is 2.23 bits per heavy atom. The van der Waals surface area contributed by atoms with Gasteiger partial charge in [-0.15, -0.1) is 0 Å². The molecule has 2 aromatic carbocycles. The number of carbonyl (C=O) groups excluding carboxylic acids is 1. The van der Waals surface area contributed by atoms with Crippen LogP contribution >= 0.6 is 0 Å². The normalized spacial score (nSPS) is 10.2. The van der Waals surface area contributed by atoms with Gasteiger partial charge in [0.25, 0.3) is 0 Å². The third-order valence-corrected chi connectivity index (χ3v) is 3.47. The highest BCUT2D eigenvalue weighted by molar-refractivity contribution is 5.76. The Morgan fingerprint density at radius 2 is 1.59 bits per heavy atom. The molecule has 2 N–H and O–H groups in total. The molecule has 0 heterocycles. The Kier molecular flexibility index (Phi) is 5.83. The first-order chi connectivity index (χ1) is 10.7. The molecule has 0 bridgehead atoms. The van der Waals surface area contributed by atoms with Gasteiger partial charge in [-0.05, 0) is 48.2 Å². The van der Waals surface area contributed by atoms with Crippen molar-refractivity contribution >= 4 is 5.91 Å². The van der Waals surface area contributed by atoms with Crippen LogP contribution in [0.25, 0.3) is 0 Å². The van der Waals surface area contributed by atoms with E-state index < -0.39 is 0 Å². The van der Waals surface area contributed by atoms with Gasteiger partial charge in [0.2, 0.25) is 5.91 Å². The molecule has 116 valence electrons. The Morgan fingerprint density at radius 1 is 1.00 bits per heavy atom. The van der Waals surface area contributed by atoms with Crippen LogP contribution in [0.4, 0.5) is 0 Å². The molecule has 0 fully saturated rings. The van der Waals surface area contributed by atoms with Crippen LogP contribution in [0.15, 0.2) is 48.5 Å². The number of phenols is 1. The number of benzene rings is 2. The molecule has 4 nitrogen and oxygen atoms in total. The zero-order valence-electron chi connectivity index (χ0n) is 12.7. The molecule has 0 saturated heterocycles. The maximum atomic E-state index is 11.8. The van der Waals surface area contributed by atoms with Crippen molar-refractivity contribution in [3.63, 3.8) is 0 Å². The first-order valence-electron chi connectivity index (χ1n) is 7.35. The summed E-state index contributed by atoms with van der Waals surface area (Å²) < 4.78 is 5.10. The van der Waals surface area contributed by atoms with Crippen molar-refractivity contribution in [1.29, 1.82) is 0 Å². The summed E-state index contributed by atoms with van der Waals surface area (Å²) in [6, 6.07) is 14.8. The standard InChI is InChI=1S/C18H21NO3/c1-22-17-9-4-14(5-10-17)6-11-18(21)19-13-12-15-2-7-16(20)8-3-15/h2-5,7-10,20H,6,11-13H2,1H3,(H,19,21). The number of carbonyl (C=O) groups is 1. The predicted octanol–water partition coefficient (Wildman–Crippen LogP) is 2.69. The van der Waals surface area contributed by atoms with Crippen LogP contribution in [0.5, 0.6) is 11.5 Å². The number of aromatic hydroxyl groups is 1. The Labute approximate surface area is 130 Å². The summed E-state index contributed by atoms with van der Waals surface area (Å²) in [4.78, 5) is 11.8. The van der Waals surface area contributed by atoms with Crippen LogP contribution in [0.3, 0.4) is 0 Å². The number of phenolic OH excluding ortho intramolecular Hbond substituents is 1. The third-order valence-electron chi connectivity index (χ3n) is 3.47. The Bertz CT molecular complexity index is 591. The van der Waals surface area contributed by atoms with E-state index in [2.05, 4.69) is 5.32 Å². The molecule has 0 atom stereocenters. The average Bonchev–Trinajstić information content (AvgIpc) is 2.55. The van der Waals surface area contributed by atoms with Gasteiger partial charge in [-0.2, -0.15) is 0 Å². The second-order valence-corrected chi connectivity index (χ2v) is 5.11. The fourth-order valence-corrected chi connectivity index (χ4v) is 2.15. The zero-order chi connectivity index (χ0) is 15.8. The van der Waals surface area contributed by atoms with Crippen LogP contribution in [0.1, 0.15) is 17.5 Å². The van der Waals surface area contributed by atoms with Gasteiger partial charge in [0, 0.05) is 13.0 Å². The van der Waals surface area contributed by atoms with Crippen LogP contribution in [0.2, 0.25) is 0 Å². The molecule has 0 aliphatic heterocycles. The van der Waals surface area contributed by atoms with E-state index in [1.54, 1.807) is 19.2 Å². The summed E-state index contributed by atoms with van der Waals surface area (Å²) in [5.41, 5.74) is 2.21. The minimum atomic E-state index is 0.0506. The van der Waals surface area contributed by atoms with Gasteiger partial charge in [-0.1, -0.05) is 24.3 Å². The first-order valence-corrected chi connectivity index (χ1v) is 7.35. The minimum Gasteiger partial charge on any atom is -0.508 e. The number of ether oxygens (including phenoxy) is 1.